The summed E-state index contributed by atoms with van der Waals surface area (Å²) in [5.41, 5.74) is 0.988. The van der Waals surface area contributed by atoms with Crippen molar-refractivity contribution >= 4 is 39.3 Å². The summed E-state index contributed by atoms with van der Waals surface area (Å²) in [6, 6.07) is 19.5. The van der Waals surface area contributed by atoms with Gasteiger partial charge in [0, 0.05) is 18.0 Å². The Morgan fingerprint density at radius 1 is 0.953 bits per heavy atom. The Kier molecular flexibility index (Phi) is 12.3. The third-order valence-electron chi connectivity index (χ3n) is 6.72. The molecule has 0 radical (unpaired) electrons. The first-order valence-electron chi connectivity index (χ1n) is 14.1. The van der Waals surface area contributed by atoms with Crippen LogP contribution in [-0.2, 0) is 26.2 Å². The highest BCUT2D eigenvalue weighted by atomic mass is 32.2. The fourth-order valence-corrected chi connectivity index (χ4v) is 6.12. The van der Waals surface area contributed by atoms with E-state index in [1.165, 1.54) is 28.8 Å². The van der Waals surface area contributed by atoms with Gasteiger partial charge >= 0.3 is 0 Å². The molecule has 0 aromatic heterocycles. The summed E-state index contributed by atoms with van der Waals surface area (Å²) in [5.74, 6) is 0.328. The zero-order valence-corrected chi connectivity index (χ0v) is 27.2. The number of thioether (sulfide) groups is 1. The zero-order chi connectivity index (χ0) is 31.6. The van der Waals surface area contributed by atoms with Gasteiger partial charge in [0.2, 0.25) is 11.8 Å². The lowest BCUT2D eigenvalue weighted by atomic mass is 10.1. The number of hydrogen-bond acceptors (Lipinski definition) is 7. The number of methoxy groups -OCH3 is 1. The van der Waals surface area contributed by atoms with E-state index in [9.17, 15) is 18.0 Å². The van der Waals surface area contributed by atoms with E-state index < -0.39 is 28.5 Å². The summed E-state index contributed by atoms with van der Waals surface area (Å²) in [4.78, 5) is 29.7. The number of anilines is 1. The number of benzene rings is 3. The van der Waals surface area contributed by atoms with E-state index in [1.807, 2.05) is 32.2 Å². The van der Waals surface area contributed by atoms with Crippen LogP contribution in [-0.4, -0.2) is 64.2 Å². The van der Waals surface area contributed by atoms with Gasteiger partial charge in [-0.3, -0.25) is 13.9 Å². The van der Waals surface area contributed by atoms with Crippen LogP contribution >= 0.6 is 11.8 Å². The van der Waals surface area contributed by atoms with Crippen LogP contribution in [0.15, 0.2) is 82.6 Å². The number of sulfonamides is 1. The van der Waals surface area contributed by atoms with Gasteiger partial charge in [0.25, 0.3) is 10.0 Å². The largest absolute Gasteiger partial charge is 0.497 e. The maximum Gasteiger partial charge on any atom is 0.264 e. The summed E-state index contributed by atoms with van der Waals surface area (Å²) in [5, 5.41) is 2.89. The van der Waals surface area contributed by atoms with Crippen molar-refractivity contribution in [3.63, 3.8) is 0 Å². The minimum atomic E-state index is -4.22. The Hall–Kier alpha value is -3.70. The Morgan fingerprint density at radius 3 is 2.19 bits per heavy atom. The molecule has 3 aromatic carbocycles. The van der Waals surface area contributed by atoms with Crippen molar-refractivity contribution in [2.75, 3.05) is 37.4 Å². The minimum absolute atomic E-state index is 0.0360. The van der Waals surface area contributed by atoms with Gasteiger partial charge in [-0.15, -0.1) is 11.8 Å². The summed E-state index contributed by atoms with van der Waals surface area (Å²) in [7, 11) is -2.65. The van der Waals surface area contributed by atoms with Crippen molar-refractivity contribution in [2.45, 2.75) is 50.1 Å². The van der Waals surface area contributed by atoms with E-state index in [4.69, 9.17) is 9.47 Å². The van der Waals surface area contributed by atoms with E-state index >= 15 is 0 Å². The molecule has 1 N–H and O–H groups in total. The molecule has 0 spiro atoms. The molecular weight excluding hydrogens is 587 g/mol. The third-order valence-corrected chi connectivity index (χ3v) is 9.24. The summed E-state index contributed by atoms with van der Waals surface area (Å²) >= 11 is 1.50. The van der Waals surface area contributed by atoms with Crippen LogP contribution in [0.3, 0.4) is 0 Å². The van der Waals surface area contributed by atoms with E-state index in [0.29, 0.717) is 24.7 Å². The first-order valence-corrected chi connectivity index (χ1v) is 16.8. The van der Waals surface area contributed by atoms with Gasteiger partial charge in [-0.05, 0) is 80.1 Å². The van der Waals surface area contributed by atoms with Crippen molar-refractivity contribution in [3.8, 4) is 11.5 Å². The predicted molar refractivity (Wildman–Crippen MR) is 171 cm³/mol. The zero-order valence-electron chi connectivity index (χ0n) is 25.6. The van der Waals surface area contributed by atoms with Crippen molar-refractivity contribution < 1.29 is 27.5 Å². The Bertz CT molecular complexity index is 1460. The molecule has 9 nitrogen and oxygen atoms in total. The molecule has 0 fully saturated rings. The maximum absolute atomic E-state index is 14.2. The molecule has 0 heterocycles. The number of hydrogen-bond donors (Lipinski definition) is 1. The van der Waals surface area contributed by atoms with Gasteiger partial charge in [-0.2, -0.15) is 0 Å². The number of para-hydroxylation sites is 2. The molecule has 3 aromatic rings. The van der Waals surface area contributed by atoms with Gasteiger partial charge in [0.15, 0.2) is 0 Å². The SMILES string of the molecule is CCOc1ccccc1N(CC(=O)N(Cc1ccc(OC)cc1)[C@@H](C)C(=O)NCC(C)C)S(=O)(=O)c1ccc(SC)cc1. The van der Waals surface area contributed by atoms with Crippen molar-refractivity contribution in [1.82, 2.24) is 10.2 Å². The van der Waals surface area contributed by atoms with E-state index in [0.717, 1.165) is 14.8 Å². The second-order valence-corrected chi connectivity index (χ2v) is 13.0. The first kappa shape index (κ1) is 33.8. The molecule has 0 aliphatic carbocycles. The number of nitrogens with zero attached hydrogens (tertiary/aromatic N) is 2. The van der Waals surface area contributed by atoms with Crippen LogP contribution in [0.1, 0.15) is 33.3 Å². The number of carbonyl (C=O) groups is 2. The lowest BCUT2D eigenvalue weighted by Crippen LogP contribution is -2.51. The van der Waals surface area contributed by atoms with Crippen LogP contribution in [0.25, 0.3) is 0 Å². The number of nitrogens with one attached hydrogen (secondary N) is 1. The molecule has 3 rings (SSSR count). The van der Waals surface area contributed by atoms with E-state index in [1.54, 1.807) is 69.5 Å². The second kappa shape index (κ2) is 15.7. The Morgan fingerprint density at radius 2 is 1.60 bits per heavy atom. The van der Waals surface area contributed by atoms with Gasteiger partial charge < -0.3 is 19.7 Å². The maximum atomic E-state index is 14.2. The molecule has 11 heteroatoms. The summed E-state index contributed by atoms with van der Waals surface area (Å²) < 4.78 is 40.4. The van der Waals surface area contributed by atoms with Crippen molar-refractivity contribution in [3.05, 3.63) is 78.4 Å². The molecule has 0 unspecified atom stereocenters. The smallest absolute Gasteiger partial charge is 0.264 e. The van der Waals surface area contributed by atoms with Gasteiger partial charge in [0.05, 0.1) is 24.3 Å². The molecule has 0 bridgehead atoms. The molecule has 0 saturated carbocycles. The summed E-state index contributed by atoms with van der Waals surface area (Å²) in [6.07, 6.45) is 1.91. The quantitative estimate of drug-likeness (QED) is 0.231. The average molecular weight is 628 g/mol. The molecule has 0 aliphatic rings. The Balaban J connectivity index is 2.06. The van der Waals surface area contributed by atoms with Crippen LogP contribution in [0, 0.1) is 5.92 Å². The first-order chi connectivity index (χ1) is 20.5. The normalized spacial score (nSPS) is 12.0. The molecule has 0 aliphatic heterocycles. The fourth-order valence-electron chi connectivity index (χ4n) is 4.29. The van der Waals surface area contributed by atoms with Gasteiger partial charge in [0.1, 0.15) is 24.1 Å². The average Bonchev–Trinajstić information content (AvgIpc) is 3.01. The molecule has 43 heavy (non-hydrogen) atoms. The summed E-state index contributed by atoms with van der Waals surface area (Å²) in [6.45, 7) is 7.70. The van der Waals surface area contributed by atoms with E-state index in [-0.39, 0.29) is 29.0 Å². The fraction of sp³-hybridized carbons (Fsp3) is 0.375. The number of rotatable bonds is 15. The van der Waals surface area contributed by atoms with Gasteiger partial charge in [-0.1, -0.05) is 38.1 Å². The third kappa shape index (κ3) is 8.90. The number of carbonyl (C=O) groups excluding carboxylic acids is 2. The minimum Gasteiger partial charge on any atom is -0.497 e. The second-order valence-electron chi connectivity index (χ2n) is 10.3. The highest BCUT2D eigenvalue weighted by molar-refractivity contribution is 7.98. The van der Waals surface area contributed by atoms with E-state index in [2.05, 4.69) is 5.32 Å². The highest BCUT2D eigenvalue weighted by Gasteiger charge is 2.33. The highest BCUT2D eigenvalue weighted by Crippen LogP contribution is 2.33. The molecule has 1 atom stereocenters. The molecule has 2 amide bonds. The van der Waals surface area contributed by atoms with Crippen LogP contribution in [0.4, 0.5) is 5.69 Å². The monoisotopic (exact) mass is 627 g/mol. The van der Waals surface area contributed by atoms with Gasteiger partial charge in [-0.25, -0.2) is 8.42 Å². The molecule has 232 valence electrons. The number of amides is 2. The van der Waals surface area contributed by atoms with Crippen LogP contribution in [0.5, 0.6) is 11.5 Å². The lowest BCUT2D eigenvalue weighted by Gasteiger charge is -2.32. The number of ether oxygens (including phenoxy) is 2. The topological polar surface area (TPSA) is 105 Å². The van der Waals surface area contributed by atoms with Crippen molar-refractivity contribution in [2.24, 2.45) is 5.92 Å². The Labute approximate surface area is 259 Å². The molecular formula is C32H41N3O6S2. The van der Waals surface area contributed by atoms with Crippen LogP contribution < -0.4 is 19.1 Å². The molecule has 0 saturated heterocycles. The van der Waals surface area contributed by atoms with Crippen LogP contribution in [0.2, 0.25) is 0 Å². The predicted octanol–water partition coefficient (Wildman–Crippen LogP) is 5.20. The lowest BCUT2D eigenvalue weighted by molar-refractivity contribution is -0.139. The standard InChI is InChI=1S/C32H41N3O6S2/c1-7-41-30-11-9-8-10-29(30)35(43(38,39)28-18-16-27(42-6)17-19-28)22-31(36)34(24(4)32(37)33-20-23(2)3)21-25-12-14-26(40-5)15-13-25/h8-19,23-24H,7,20-22H2,1-6H3,(H,33,37)/t24-/m0/s1. The van der Waals surface area contributed by atoms with Crippen molar-refractivity contribution in [1.29, 1.82) is 0 Å².